The summed E-state index contributed by atoms with van der Waals surface area (Å²) in [5.41, 5.74) is 2.17. The number of amides is 1. The highest BCUT2D eigenvalue weighted by Gasteiger charge is 2.15. The first-order chi connectivity index (χ1) is 16.7. The van der Waals surface area contributed by atoms with Crippen LogP contribution in [-0.2, 0) is 24.5 Å². The quantitative estimate of drug-likeness (QED) is 0.326. The first kappa shape index (κ1) is 23.4. The van der Waals surface area contributed by atoms with Crippen molar-refractivity contribution < 1.29 is 14.3 Å². The first-order valence-electron chi connectivity index (χ1n) is 10.9. The van der Waals surface area contributed by atoms with Crippen molar-refractivity contribution in [1.82, 2.24) is 20.1 Å². The van der Waals surface area contributed by atoms with Crippen molar-refractivity contribution in [3.8, 4) is 11.5 Å². The molecule has 4 rings (SSSR count). The fourth-order valence-electron chi connectivity index (χ4n) is 3.27. The molecule has 1 aromatic heterocycles. The molecule has 1 heterocycles. The molecule has 0 saturated heterocycles. The van der Waals surface area contributed by atoms with E-state index >= 15 is 0 Å². The molecule has 0 aliphatic rings. The van der Waals surface area contributed by atoms with Crippen LogP contribution in [0.1, 0.15) is 17.0 Å². The van der Waals surface area contributed by atoms with Crippen molar-refractivity contribution in [2.24, 2.45) is 0 Å². The van der Waals surface area contributed by atoms with Gasteiger partial charge in [0.25, 0.3) is 0 Å². The predicted molar refractivity (Wildman–Crippen MR) is 132 cm³/mol. The molecule has 0 aliphatic heterocycles. The summed E-state index contributed by atoms with van der Waals surface area (Å²) in [6.07, 6.45) is 0. The summed E-state index contributed by atoms with van der Waals surface area (Å²) >= 11 is 1.36. The molecule has 0 bridgehead atoms. The van der Waals surface area contributed by atoms with Gasteiger partial charge in [0.2, 0.25) is 5.91 Å². The number of methoxy groups -OCH3 is 1. The normalized spacial score (nSPS) is 10.6. The average molecular weight is 475 g/mol. The van der Waals surface area contributed by atoms with Gasteiger partial charge in [-0.05, 0) is 23.3 Å². The Labute approximate surface area is 203 Å². The van der Waals surface area contributed by atoms with E-state index < -0.39 is 0 Å². The summed E-state index contributed by atoms with van der Waals surface area (Å²) in [7, 11) is 1.62. The number of rotatable bonds is 11. The van der Waals surface area contributed by atoms with Crippen LogP contribution in [0.25, 0.3) is 0 Å². The molecule has 0 atom stereocenters. The maximum atomic E-state index is 12.4. The third-order valence-corrected chi connectivity index (χ3v) is 6.02. The van der Waals surface area contributed by atoms with Gasteiger partial charge in [-0.25, -0.2) is 0 Å². The molecule has 0 fully saturated rings. The predicted octanol–water partition coefficient (Wildman–Crippen LogP) is 4.32. The van der Waals surface area contributed by atoms with E-state index in [1.165, 1.54) is 11.8 Å². The molecule has 1 amide bonds. The molecule has 1 N–H and O–H groups in total. The monoisotopic (exact) mass is 474 g/mol. The van der Waals surface area contributed by atoms with Gasteiger partial charge < -0.3 is 14.8 Å². The zero-order chi connectivity index (χ0) is 23.6. The van der Waals surface area contributed by atoms with Crippen LogP contribution < -0.4 is 14.8 Å². The van der Waals surface area contributed by atoms with Crippen LogP contribution in [-0.4, -0.2) is 33.5 Å². The summed E-state index contributed by atoms with van der Waals surface area (Å²) < 4.78 is 13.2. The average Bonchev–Trinajstić information content (AvgIpc) is 3.27. The second kappa shape index (κ2) is 11.9. The van der Waals surface area contributed by atoms with Crippen LogP contribution in [0, 0.1) is 0 Å². The highest BCUT2D eigenvalue weighted by molar-refractivity contribution is 7.99. The van der Waals surface area contributed by atoms with Gasteiger partial charge in [0, 0.05) is 12.6 Å². The number of nitrogens with zero attached hydrogens (tertiary/aromatic N) is 3. The van der Waals surface area contributed by atoms with Gasteiger partial charge in [-0.1, -0.05) is 78.5 Å². The van der Waals surface area contributed by atoms with Gasteiger partial charge in [0.1, 0.15) is 18.1 Å². The molecule has 0 unspecified atom stereocenters. The summed E-state index contributed by atoms with van der Waals surface area (Å²) in [6, 6.07) is 27.3. The Morgan fingerprint density at radius 1 is 0.912 bits per heavy atom. The van der Waals surface area contributed by atoms with E-state index in [1.807, 2.05) is 89.5 Å². The first-order valence-corrected chi connectivity index (χ1v) is 11.9. The van der Waals surface area contributed by atoms with Crippen LogP contribution >= 0.6 is 11.8 Å². The van der Waals surface area contributed by atoms with Crippen LogP contribution in [0.15, 0.2) is 90.1 Å². The van der Waals surface area contributed by atoms with Crippen molar-refractivity contribution >= 4 is 17.7 Å². The molecule has 0 radical (unpaired) electrons. The Morgan fingerprint density at radius 2 is 1.62 bits per heavy atom. The lowest BCUT2D eigenvalue weighted by atomic mass is 10.2. The van der Waals surface area contributed by atoms with Crippen LogP contribution in [0.4, 0.5) is 0 Å². The SMILES string of the molecule is COc1cccc(OCc2nnc(SCC(=O)NCc3ccccc3)n2Cc2ccccc2)c1. The molecule has 0 aliphatic carbocycles. The lowest BCUT2D eigenvalue weighted by Crippen LogP contribution is -2.24. The number of aromatic nitrogens is 3. The van der Waals surface area contributed by atoms with Crippen LogP contribution in [0.2, 0.25) is 0 Å². The summed E-state index contributed by atoms with van der Waals surface area (Å²) in [5, 5.41) is 12.3. The number of thioether (sulfide) groups is 1. The number of hydrogen-bond acceptors (Lipinski definition) is 6. The van der Waals surface area contributed by atoms with Crippen LogP contribution in [0.3, 0.4) is 0 Å². The van der Waals surface area contributed by atoms with Crippen molar-refractivity contribution in [2.45, 2.75) is 24.9 Å². The molecule has 8 heteroatoms. The maximum Gasteiger partial charge on any atom is 0.230 e. The van der Waals surface area contributed by atoms with Crippen molar-refractivity contribution in [3.05, 3.63) is 102 Å². The smallest absolute Gasteiger partial charge is 0.230 e. The van der Waals surface area contributed by atoms with E-state index in [-0.39, 0.29) is 18.3 Å². The molecule has 34 heavy (non-hydrogen) atoms. The highest BCUT2D eigenvalue weighted by atomic mass is 32.2. The fraction of sp³-hybridized carbons (Fsp3) is 0.192. The van der Waals surface area contributed by atoms with Gasteiger partial charge in [0.05, 0.1) is 19.4 Å². The van der Waals surface area contributed by atoms with Crippen LogP contribution in [0.5, 0.6) is 11.5 Å². The maximum absolute atomic E-state index is 12.4. The Hall–Kier alpha value is -3.78. The largest absolute Gasteiger partial charge is 0.497 e. The number of hydrogen-bond donors (Lipinski definition) is 1. The lowest BCUT2D eigenvalue weighted by molar-refractivity contribution is -0.118. The second-order valence-corrected chi connectivity index (χ2v) is 8.43. The number of benzene rings is 3. The zero-order valence-corrected chi connectivity index (χ0v) is 19.7. The number of nitrogens with one attached hydrogen (secondary N) is 1. The molecule has 4 aromatic rings. The third kappa shape index (κ3) is 6.62. The number of ether oxygens (including phenoxy) is 2. The fourth-order valence-corrected chi connectivity index (χ4v) is 4.06. The number of carbonyl (C=O) groups excluding carboxylic acids is 1. The number of carbonyl (C=O) groups is 1. The van der Waals surface area contributed by atoms with E-state index in [2.05, 4.69) is 15.5 Å². The molecule has 7 nitrogen and oxygen atoms in total. The van der Waals surface area contributed by atoms with E-state index in [9.17, 15) is 4.79 Å². The minimum atomic E-state index is -0.0581. The summed E-state index contributed by atoms with van der Waals surface area (Å²) in [4.78, 5) is 12.4. The Kier molecular flexibility index (Phi) is 8.18. The minimum absolute atomic E-state index is 0.0581. The molecular weight excluding hydrogens is 448 g/mol. The highest BCUT2D eigenvalue weighted by Crippen LogP contribution is 2.22. The van der Waals surface area contributed by atoms with Gasteiger partial charge >= 0.3 is 0 Å². The van der Waals surface area contributed by atoms with E-state index in [0.717, 1.165) is 16.9 Å². The molecule has 0 saturated carbocycles. The Balaban J connectivity index is 1.43. The molecule has 174 valence electrons. The van der Waals surface area contributed by atoms with Crippen molar-refractivity contribution in [3.63, 3.8) is 0 Å². The van der Waals surface area contributed by atoms with Gasteiger partial charge in [-0.3, -0.25) is 9.36 Å². The molecule has 3 aromatic carbocycles. The van der Waals surface area contributed by atoms with Gasteiger partial charge in [-0.15, -0.1) is 10.2 Å². The molecule has 0 spiro atoms. The topological polar surface area (TPSA) is 78.3 Å². The minimum Gasteiger partial charge on any atom is -0.497 e. The van der Waals surface area contributed by atoms with Crippen molar-refractivity contribution in [1.29, 1.82) is 0 Å². The Bertz CT molecular complexity index is 1200. The third-order valence-electron chi connectivity index (χ3n) is 5.05. The van der Waals surface area contributed by atoms with Gasteiger partial charge in [0.15, 0.2) is 11.0 Å². The Morgan fingerprint density at radius 3 is 2.35 bits per heavy atom. The molecular formula is C26H26N4O3S. The van der Waals surface area contributed by atoms with Crippen molar-refractivity contribution in [2.75, 3.05) is 12.9 Å². The zero-order valence-electron chi connectivity index (χ0n) is 18.9. The standard InChI is InChI=1S/C26H26N4O3S/c1-32-22-13-8-14-23(15-22)33-18-24-28-29-26(30(24)17-21-11-6-3-7-12-21)34-19-25(31)27-16-20-9-4-2-5-10-20/h2-15H,16-19H2,1H3,(H,27,31). The summed E-state index contributed by atoms with van der Waals surface area (Å²) in [5.74, 6) is 2.27. The van der Waals surface area contributed by atoms with E-state index in [4.69, 9.17) is 9.47 Å². The summed E-state index contributed by atoms with van der Waals surface area (Å²) in [6.45, 7) is 1.32. The van der Waals surface area contributed by atoms with E-state index in [1.54, 1.807) is 7.11 Å². The van der Waals surface area contributed by atoms with Gasteiger partial charge in [-0.2, -0.15) is 0 Å². The lowest BCUT2D eigenvalue weighted by Gasteiger charge is -2.12. The van der Waals surface area contributed by atoms with E-state index in [0.29, 0.717) is 29.8 Å². The second-order valence-electron chi connectivity index (χ2n) is 7.49.